The zero-order valence-electron chi connectivity index (χ0n) is 11.7. The highest BCUT2D eigenvalue weighted by Gasteiger charge is 2.23. The second-order valence-electron chi connectivity index (χ2n) is 4.87. The van der Waals surface area contributed by atoms with Gasteiger partial charge >= 0.3 is 0 Å². The van der Waals surface area contributed by atoms with E-state index in [1.165, 1.54) is 11.1 Å². The molecule has 0 aliphatic heterocycles. The molecule has 2 aromatic rings. The van der Waals surface area contributed by atoms with Crippen LogP contribution in [-0.2, 0) is 12.8 Å². The highest BCUT2D eigenvalue weighted by atomic mass is 16.5. The molecule has 5 heteroatoms. The van der Waals surface area contributed by atoms with Crippen molar-refractivity contribution in [2.45, 2.75) is 18.9 Å². The van der Waals surface area contributed by atoms with Crippen LogP contribution in [0.5, 0.6) is 5.75 Å². The minimum atomic E-state index is 0.348. The summed E-state index contributed by atoms with van der Waals surface area (Å²) in [6.07, 6.45) is 3.56. The summed E-state index contributed by atoms with van der Waals surface area (Å²) in [5.74, 6) is 2.09. The lowest BCUT2D eigenvalue weighted by atomic mass is 10.1. The molecule has 20 heavy (non-hydrogen) atoms. The minimum absolute atomic E-state index is 0.348. The average Bonchev–Trinajstić information content (AvgIpc) is 2.89. The summed E-state index contributed by atoms with van der Waals surface area (Å²) in [5.41, 5.74) is 2.82. The number of rotatable bonds is 4. The monoisotopic (exact) mass is 270 g/mol. The molecule has 0 fully saturated rings. The highest BCUT2D eigenvalue weighted by Crippen LogP contribution is 2.31. The number of benzene rings is 1. The molecule has 1 aromatic heterocycles. The zero-order valence-corrected chi connectivity index (χ0v) is 11.7. The van der Waals surface area contributed by atoms with Crippen molar-refractivity contribution in [3.05, 3.63) is 41.7 Å². The molecule has 104 valence electrons. The lowest BCUT2D eigenvalue weighted by molar-refractivity contribution is 0.414. The minimum Gasteiger partial charge on any atom is -0.490 e. The Morgan fingerprint density at radius 2 is 1.75 bits per heavy atom. The number of methoxy groups -OCH3 is 1. The maximum Gasteiger partial charge on any atom is 0.204 e. The van der Waals surface area contributed by atoms with Crippen LogP contribution < -0.4 is 15.4 Å². The second-order valence-corrected chi connectivity index (χ2v) is 4.87. The first-order valence-corrected chi connectivity index (χ1v) is 6.72. The fraction of sp³-hybridized carbons (Fsp3) is 0.333. The van der Waals surface area contributed by atoms with E-state index in [9.17, 15) is 0 Å². The van der Waals surface area contributed by atoms with Crippen molar-refractivity contribution in [1.29, 1.82) is 0 Å². The van der Waals surface area contributed by atoms with Crippen LogP contribution in [0.1, 0.15) is 11.1 Å². The summed E-state index contributed by atoms with van der Waals surface area (Å²) in [5, 5.41) is 6.48. The number of ether oxygens (including phenoxy) is 1. The SMILES string of the molecule is CNc1ncnc(NC2Cc3ccccc3C2)c1OC. The van der Waals surface area contributed by atoms with Crippen molar-refractivity contribution in [2.75, 3.05) is 24.8 Å². The van der Waals surface area contributed by atoms with Crippen LogP contribution >= 0.6 is 0 Å². The van der Waals surface area contributed by atoms with Crippen molar-refractivity contribution in [1.82, 2.24) is 9.97 Å². The van der Waals surface area contributed by atoms with Crippen LogP contribution in [0.25, 0.3) is 0 Å². The Hall–Kier alpha value is -2.30. The van der Waals surface area contributed by atoms with Crippen LogP contribution in [-0.4, -0.2) is 30.2 Å². The summed E-state index contributed by atoms with van der Waals surface area (Å²) >= 11 is 0. The quantitative estimate of drug-likeness (QED) is 0.891. The lowest BCUT2D eigenvalue weighted by Crippen LogP contribution is -2.21. The van der Waals surface area contributed by atoms with Gasteiger partial charge in [0.05, 0.1) is 7.11 Å². The third-order valence-electron chi connectivity index (χ3n) is 3.64. The molecule has 1 aliphatic carbocycles. The van der Waals surface area contributed by atoms with Crippen molar-refractivity contribution in [2.24, 2.45) is 0 Å². The summed E-state index contributed by atoms with van der Waals surface area (Å²) in [6, 6.07) is 8.90. The van der Waals surface area contributed by atoms with Gasteiger partial charge in [0.25, 0.3) is 0 Å². The van der Waals surface area contributed by atoms with Gasteiger partial charge in [0.15, 0.2) is 11.6 Å². The smallest absolute Gasteiger partial charge is 0.204 e. The maximum atomic E-state index is 5.40. The van der Waals surface area contributed by atoms with Gasteiger partial charge in [-0.15, -0.1) is 0 Å². The number of hydrogen-bond acceptors (Lipinski definition) is 5. The molecule has 0 amide bonds. The van der Waals surface area contributed by atoms with Crippen LogP contribution in [0.15, 0.2) is 30.6 Å². The average molecular weight is 270 g/mol. The lowest BCUT2D eigenvalue weighted by Gasteiger charge is -2.16. The number of nitrogens with zero attached hydrogens (tertiary/aromatic N) is 2. The van der Waals surface area contributed by atoms with E-state index in [0.29, 0.717) is 17.6 Å². The highest BCUT2D eigenvalue weighted by molar-refractivity contribution is 5.64. The molecule has 0 atom stereocenters. The molecule has 1 aromatic carbocycles. The standard InChI is InChI=1S/C15H18N4O/c1-16-14-13(20-2)15(18-9-17-14)19-12-7-10-5-3-4-6-11(10)8-12/h3-6,9,12H,7-8H2,1-2H3,(H2,16,17,18,19). The second kappa shape index (κ2) is 5.36. The number of nitrogens with one attached hydrogen (secondary N) is 2. The molecule has 0 unspecified atom stereocenters. The summed E-state index contributed by atoms with van der Waals surface area (Å²) in [7, 11) is 3.45. The Bertz CT molecular complexity index is 590. The van der Waals surface area contributed by atoms with Gasteiger partial charge in [-0.05, 0) is 24.0 Å². The Labute approximate surface area is 118 Å². The van der Waals surface area contributed by atoms with E-state index < -0.39 is 0 Å². The number of anilines is 2. The van der Waals surface area contributed by atoms with Gasteiger partial charge < -0.3 is 15.4 Å². The largest absolute Gasteiger partial charge is 0.490 e. The molecule has 0 saturated heterocycles. The van der Waals surface area contributed by atoms with E-state index in [1.54, 1.807) is 13.4 Å². The summed E-state index contributed by atoms with van der Waals surface area (Å²) < 4.78 is 5.40. The zero-order chi connectivity index (χ0) is 13.9. The molecule has 3 rings (SSSR count). The molecule has 1 heterocycles. The first-order chi connectivity index (χ1) is 9.81. The molecule has 0 radical (unpaired) electrons. The topological polar surface area (TPSA) is 59.1 Å². The van der Waals surface area contributed by atoms with Gasteiger partial charge in [-0.2, -0.15) is 0 Å². The molecule has 0 saturated carbocycles. The Kier molecular flexibility index (Phi) is 3.41. The number of hydrogen-bond donors (Lipinski definition) is 2. The van der Waals surface area contributed by atoms with E-state index in [2.05, 4.69) is 44.9 Å². The van der Waals surface area contributed by atoms with Crippen LogP contribution in [0.2, 0.25) is 0 Å². The first-order valence-electron chi connectivity index (χ1n) is 6.72. The molecular weight excluding hydrogens is 252 g/mol. The fourth-order valence-corrected chi connectivity index (χ4v) is 2.70. The van der Waals surface area contributed by atoms with Gasteiger partial charge in [-0.3, -0.25) is 0 Å². The number of aromatic nitrogens is 2. The predicted octanol–water partition coefficient (Wildman–Crippen LogP) is 2.11. The Morgan fingerprint density at radius 3 is 2.35 bits per heavy atom. The Morgan fingerprint density at radius 1 is 1.10 bits per heavy atom. The van der Waals surface area contributed by atoms with E-state index in [0.717, 1.165) is 18.7 Å². The van der Waals surface area contributed by atoms with Gasteiger partial charge in [0, 0.05) is 13.1 Å². The van der Waals surface area contributed by atoms with Crippen LogP contribution in [0.4, 0.5) is 11.6 Å². The normalized spacial score (nSPS) is 13.9. The molecule has 0 bridgehead atoms. The van der Waals surface area contributed by atoms with Gasteiger partial charge in [0.1, 0.15) is 6.33 Å². The van der Waals surface area contributed by atoms with E-state index in [1.807, 2.05) is 7.05 Å². The third-order valence-corrected chi connectivity index (χ3v) is 3.64. The van der Waals surface area contributed by atoms with Crippen molar-refractivity contribution in [3.8, 4) is 5.75 Å². The summed E-state index contributed by atoms with van der Waals surface area (Å²) in [6.45, 7) is 0. The van der Waals surface area contributed by atoms with Gasteiger partial charge in [-0.25, -0.2) is 9.97 Å². The predicted molar refractivity (Wildman–Crippen MR) is 79.4 cm³/mol. The molecule has 5 nitrogen and oxygen atoms in total. The molecule has 2 N–H and O–H groups in total. The van der Waals surface area contributed by atoms with Crippen molar-refractivity contribution >= 4 is 11.6 Å². The van der Waals surface area contributed by atoms with E-state index in [-0.39, 0.29) is 0 Å². The van der Waals surface area contributed by atoms with Crippen LogP contribution in [0.3, 0.4) is 0 Å². The van der Waals surface area contributed by atoms with E-state index in [4.69, 9.17) is 4.74 Å². The van der Waals surface area contributed by atoms with E-state index >= 15 is 0 Å². The third kappa shape index (κ3) is 2.27. The first kappa shape index (κ1) is 12.7. The van der Waals surface area contributed by atoms with Crippen molar-refractivity contribution in [3.63, 3.8) is 0 Å². The molecular formula is C15H18N4O. The fourth-order valence-electron chi connectivity index (χ4n) is 2.70. The van der Waals surface area contributed by atoms with Gasteiger partial charge in [-0.1, -0.05) is 24.3 Å². The summed E-state index contributed by atoms with van der Waals surface area (Å²) in [4.78, 5) is 8.45. The van der Waals surface area contributed by atoms with Gasteiger partial charge in [0.2, 0.25) is 5.75 Å². The Balaban J connectivity index is 1.80. The van der Waals surface area contributed by atoms with Crippen molar-refractivity contribution < 1.29 is 4.74 Å². The molecule has 1 aliphatic rings. The van der Waals surface area contributed by atoms with Crippen LogP contribution in [0, 0.1) is 0 Å². The maximum absolute atomic E-state index is 5.40. The number of fused-ring (bicyclic) bond motifs is 1. The molecule has 0 spiro atoms.